The molecular formula is C24H30N4O2S2. The SMILES string of the molecule is N#CC1(NC(=O)CSc2nc3sc4c(c3c(=O)n2C2CCCC2)CCCC4)CCCCC1. The third-order valence-electron chi connectivity index (χ3n) is 7.31. The predicted molar refractivity (Wildman–Crippen MR) is 128 cm³/mol. The van der Waals surface area contributed by atoms with Gasteiger partial charge in [-0.05, 0) is 56.9 Å². The van der Waals surface area contributed by atoms with Crippen molar-refractivity contribution in [1.82, 2.24) is 14.9 Å². The van der Waals surface area contributed by atoms with E-state index in [1.54, 1.807) is 11.3 Å². The van der Waals surface area contributed by atoms with Crippen LogP contribution in [-0.2, 0) is 17.6 Å². The average molecular weight is 471 g/mol. The molecule has 2 aromatic heterocycles. The summed E-state index contributed by atoms with van der Waals surface area (Å²) in [5.41, 5.74) is 0.582. The Morgan fingerprint density at radius 2 is 1.91 bits per heavy atom. The van der Waals surface area contributed by atoms with Gasteiger partial charge in [-0.1, -0.05) is 43.9 Å². The number of aromatic nitrogens is 2. The molecule has 0 spiro atoms. The highest BCUT2D eigenvalue weighted by atomic mass is 32.2. The highest BCUT2D eigenvalue weighted by Crippen LogP contribution is 2.37. The molecule has 0 aromatic carbocycles. The van der Waals surface area contributed by atoms with Gasteiger partial charge in [0.25, 0.3) is 5.56 Å². The number of fused-ring (bicyclic) bond motifs is 3. The number of hydrogen-bond acceptors (Lipinski definition) is 6. The van der Waals surface area contributed by atoms with Crippen molar-refractivity contribution in [2.45, 2.75) is 100 Å². The highest BCUT2D eigenvalue weighted by Gasteiger charge is 2.34. The van der Waals surface area contributed by atoms with Crippen LogP contribution >= 0.6 is 23.1 Å². The Balaban J connectivity index is 1.43. The van der Waals surface area contributed by atoms with E-state index < -0.39 is 5.54 Å². The third kappa shape index (κ3) is 4.10. The second kappa shape index (κ2) is 9.18. The zero-order chi connectivity index (χ0) is 22.1. The standard InChI is InChI=1S/C24H30N4O2S2/c25-15-24(12-6-1-7-13-24)27-19(29)14-31-23-26-21-20(17-10-4-5-11-18(17)32-21)22(30)28(23)16-8-2-3-9-16/h16H,1-14H2,(H,27,29). The minimum atomic E-state index is -0.731. The Bertz CT molecular complexity index is 1120. The maximum absolute atomic E-state index is 13.7. The zero-order valence-corrected chi connectivity index (χ0v) is 20.1. The number of carbonyl (C=O) groups is 1. The first-order valence-electron chi connectivity index (χ1n) is 12.0. The molecule has 32 heavy (non-hydrogen) atoms. The summed E-state index contributed by atoms with van der Waals surface area (Å²) in [7, 11) is 0. The van der Waals surface area contributed by atoms with Gasteiger partial charge in [-0.25, -0.2) is 4.98 Å². The second-order valence-corrected chi connectivity index (χ2v) is 11.5. The summed E-state index contributed by atoms with van der Waals surface area (Å²) < 4.78 is 1.90. The molecule has 5 rings (SSSR count). The average Bonchev–Trinajstić information content (AvgIpc) is 3.46. The Hall–Kier alpha value is -1.85. The Morgan fingerprint density at radius 3 is 2.66 bits per heavy atom. The molecule has 2 fully saturated rings. The van der Waals surface area contributed by atoms with E-state index in [1.165, 1.54) is 28.6 Å². The number of thiophene rings is 1. The number of carbonyl (C=O) groups excluding carboxylic acids is 1. The van der Waals surface area contributed by atoms with Crippen molar-refractivity contribution in [2.75, 3.05) is 5.75 Å². The van der Waals surface area contributed by atoms with E-state index in [0.717, 1.165) is 87.3 Å². The lowest BCUT2D eigenvalue weighted by Crippen LogP contribution is -2.49. The number of hydrogen-bond donors (Lipinski definition) is 1. The molecule has 0 aliphatic heterocycles. The van der Waals surface area contributed by atoms with E-state index in [-0.39, 0.29) is 23.3 Å². The summed E-state index contributed by atoms with van der Waals surface area (Å²) in [5, 5.41) is 14.2. The van der Waals surface area contributed by atoms with Crippen LogP contribution in [0.3, 0.4) is 0 Å². The number of nitriles is 1. The van der Waals surface area contributed by atoms with Gasteiger partial charge >= 0.3 is 0 Å². The van der Waals surface area contributed by atoms with Crippen LogP contribution in [-0.4, -0.2) is 26.8 Å². The Labute approximate surface area is 196 Å². The van der Waals surface area contributed by atoms with Gasteiger partial charge < -0.3 is 5.32 Å². The maximum atomic E-state index is 13.7. The third-order valence-corrected chi connectivity index (χ3v) is 9.45. The Morgan fingerprint density at radius 1 is 1.16 bits per heavy atom. The maximum Gasteiger partial charge on any atom is 0.263 e. The van der Waals surface area contributed by atoms with Crippen LogP contribution in [0.4, 0.5) is 0 Å². The van der Waals surface area contributed by atoms with Gasteiger partial charge in [-0.15, -0.1) is 11.3 Å². The van der Waals surface area contributed by atoms with Crippen molar-refractivity contribution in [3.05, 3.63) is 20.8 Å². The lowest BCUT2D eigenvalue weighted by Gasteiger charge is -2.31. The number of aryl methyl sites for hydroxylation is 2. The van der Waals surface area contributed by atoms with E-state index in [9.17, 15) is 14.9 Å². The van der Waals surface area contributed by atoms with Gasteiger partial charge in [0.2, 0.25) is 5.91 Å². The van der Waals surface area contributed by atoms with Crippen LogP contribution in [0, 0.1) is 11.3 Å². The fourth-order valence-electron chi connectivity index (χ4n) is 5.64. The number of nitrogens with zero attached hydrogens (tertiary/aromatic N) is 3. The molecule has 170 valence electrons. The van der Waals surface area contributed by atoms with Gasteiger partial charge in [-0.3, -0.25) is 14.2 Å². The van der Waals surface area contributed by atoms with Crippen LogP contribution in [0.15, 0.2) is 9.95 Å². The molecule has 8 heteroatoms. The number of thioether (sulfide) groups is 1. The van der Waals surface area contributed by atoms with Crippen LogP contribution < -0.4 is 10.9 Å². The van der Waals surface area contributed by atoms with E-state index in [4.69, 9.17) is 4.98 Å². The van der Waals surface area contributed by atoms with Gasteiger partial charge in [-0.2, -0.15) is 5.26 Å². The lowest BCUT2D eigenvalue weighted by atomic mass is 9.83. The van der Waals surface area contributed by atoms with Crippen LogP contribution in [0.1, 0.15) is 87.1 Å². The summed E-state index contributed by atoms with van der Waals surface area (Å²) in [5.74, 6) is 0.0374. The minimum Gasteiger partial charge on any atom is -0.337 e. The van der Waals surface area contributed by atoms with Crippen molar-refractivity contribution in [3.8, 4) is 6.07 Å². The van der Waals surface area contributed by atoms with Gasteiger partial charge in [0, 0.05) is 10.9 Å². The molecule has 3 aliphatic rings. The summed E-state index contributed by atoms with van der Waals surface area (Å²) in [6.07, 6.45) is 13.1. The summed E-state index contributed by atoms with van der Waals surface area (Å²) in [6, 6.07) is 2.53. The molecular weight excluding hydrogens is 440 g/mol. The molecule has 1 N–H and O–H groups in total. The van der Waals surface area contributed by atoms with Crippen molar-refractivity contribution in [1.29, 1.82) is 5.26 Å². The van der Waals surface area contributed by atoms with Crippen molar-refractivity contribution in [3.63, 3.8) is 0 Å². The monoisotopic (exact) mass is 470 g/mol. The minimum absolute atomic E-state index is 0.0879. The highest BCUT2D eigenvalue weighted by molar-refractivity contribution is 7.99. The fraction of sp³-hybridized carbons (Fsp3) is 0.667. The summed E-state index contributed by atoms with van der Waals surface area (Å²) in [6.45, 7) is 0. The molecule has 0 radical (unpaired) electrons. The summed E-state index contributed by atoms with van der Waals surface area (Å²) in [4.78, 5) is 33.6. The Kier molecular flexibility index (Phi) is 6.31. The molecule has 2 heterocycles. The van der Waals surface area contributed by atoms with E-state index in [2.05, 4.69) is 11.4 Å². The molecule has 2 saturated carbocycles. The molecule has 0 bridgehead atoms. The van der Waals surface area contributed by atoms with Gasteiger partial charge in [0.1, 0.15) is 10.4 Å². The number of amides is 1. The zero-order valence-electron chi connectivity index (χ0n) is 18.5. The molecule has 1 amide bonds. The van der Waals surface area contributed by atoms with E-state index >= 15 is 0 Å². The van der Waals surface area contributed by atoms with Crippen LogP contribution in [0.5, 0.6) is 0 Å². The van der Waals surface area contributed by atoms with E-state index in [0.29, 0.717) is 5.16 Å². The first-order valence-corrected chi connectivity index (χ1v) is 13.8. The molecule has 0 unspecified atom stereocenters. The van der Waals surface area contributed by atoms with Gasteiger partial charge in [0.15, 0.2) is 5.16 Å². The molecule has 6 nitrogen and oxygen atoms in total. The molecule has 0 saturated heterocycles. The van der Waals surface area contributed by atoms with E-state index in [1.807, 2.05) is 4.57 Å². The lowest BCUT2D eigenvalue weighted by molar-refractivity contribution is -0.120. The second-order valence-electron chi connectivity index (χ2n) is 9.49. The quantitative estimate of drug-likeness (QED) is 0.497. The predicted octanol–water partition coefficient (Wildman–Crippen LogP) is 4.89. The van der Waals surface area contributed by atoms with Crippen LogP contribution in [0.2, 0.25) is 0 Å². The first kappa shape index (κ1) is 22.0. The molecule has 2 aromatic rings. The normalized spacial score (nSPS) is 20.7. The van der Waals surface area contributed by atoms with Crippen molar-refractivity contribution < 1.29 is 4.79 Å². The van der Waals surface area contributed by atoms with Crippen LogP contribution in [0.25, 0.3) is 10.2 Å². The first-order chi connectivity index (χ1) is 15.6. The van der Waals surface area contributed by atoms with Crippen molar-refractivity contribution in [2.24, 2.45) is 0 Å². The molecule has 3 aliphatic carbocycles. The topological polar surface area (TPSA) is 87.8 Å². The molecule has 0 atom stereocenters. The van der Waals surface area contributed by atoms with Crippen molar-refractivity contribution >= 4 is 39.2 Å². The smallest absolute Gasteiger partial charge is 0.263 e. The summed E-state index contributed by atoms with van der Waals surface area (Å²) >= 11 is 3.02. The number of nitrogens with one attached hydrogen (secondary N) is 1. The number of rotatable bonds is 5. The van der Waals surface area contributed by atoms with Gasteiger partial charge in [0.05, 0.1) is 17.2 Å². The largest absolute Gasteiger partial charge is 0.337 e. The fourth-order valence-corrected chi connectivity index (χ4v) is 7.81.